The molecule has 2 aromatic rings. The van der Waals surface area contributed by atoms with E-state index in [1.54, 1.807) is 13.0 Å². The van der Waals surface area contributed by atoms with Gasteiger partial charge in [0, 0.05) is 10.7 Å². The van der Waals surface area contributed by atoms with Gasteiger partial charge in [-0.05, 0) is 25.5 Å². The Bertz CT molecular complexity index is 976. The fourth-order valence-electron chi connectivity index (χ4n) is 2.99. The Hall–Kier alpha value is -3.31. The molecule has 0 amide bonds. The lowest BCUT2D eigenvalue weighted by atomic mass is 9.85. The van der Waals surface area contributed by atoms with Gasteiger partial charge >= 0.3 is 6.16 Å². The molecule has 144 valence electrons. The minimum absolute atomic E-state index is 0.0583. The molecule has 1 N–H and O–H groups in total. The van der Waals surface area contributed by atoms with E-state index < -0.39 is 12.1 Å². The molecule has 9 heteroatoms. The van der Waals surface area contributed by atoms with Crippen LogP contribution in [0.25, 0.3) is 5.57 Å². The number of aromatic nitrogens is 2. The zero-order valence-electron chi connectivity index (χ0n) is 15.2. The van der Waals surface area contributed by atoms with Crippen molar-refractivity contribution in [3.63, 3.8) is 0 Å². The summed E-state index contributed by atoms with van der Waals surface area (Å²) in [5.41, 5.74) is 2.72. The lowest BCUT2D eigenvalue weighted by molar-refractivity contribution is 0.0751. The van der Waals surface area contributed by atoms with Crippen LogP contribution in [0.5, 0.6) is 0 Å². The molecular formula is C19H17ClN4O4. The van der Waals surface area contributed by atoms with E-state index >= 15 is 0 Å². The van der Waals surface area contributed by atoms with Crippen molar-refractivity contribution in [2.24, 2.45) is 0 Å². The summed E-state index contributed by atoms with van der Waals surface area (Å²) in [5.74, 6) is 0.00846. The predicted octanol–water partition coefficient (Wildman–Crippen LogP) is 4.14. The van der Waals surface area contributed by atoms with Crippen molar-refractivity contribution in [3.05, 3.63) is 64.3 Å². The van der Waals surface area contributed by atoms with Crippen molar-refractivity contribution >= 4 is 23.3 Å². The number of hydrogen-bond acceptors (Lipinski definition) is 8. The van der Waals surface area contributed by atoms with Crippen LogP contribution in [0.4, 0.5) is 4.79 Å². The highest BCUT2D eigenvalue weighted by Gasteiger charge is 2.36. The highest BCUT2D eigenvalue weighted by Crippen LogP contribution is 2.45. The van der Waals surface area contributed by atoms with E-state index in [0.29, 0.717) is 27.6 Å². The minimum Gasteiger partial charge on any atom is -0.433 e. The van der Waals surface area contributed by atoms with Gasteiger partial charge in [0.1, 0.15) is 12.4 Å². The largest absolute Gasteiger partial charge is 0.513 e. The van der Waals surface area contributed by atoms with E-state index in [4.69, 9.17) is 30.8 Å². The summed E-state index contributed by atoms with van der Waals surface area (Å²) < 4.78 is 15.9. The number of dihydropyridines is 1. The van der Waals surface area contributed by atoms with E-state index in [1.807, 2.05) is 31.2 Å². The average molecular weight is 401 g/mol. The summed E-state index contributed by atoms with van der Waals surface area (Å²) in [6, 6.07) is 9.12. The normalized spacial score (nSPS) is 16.4. The van der Waals surface area contributed by atoms with Crippen molar-refractivity contribution in [1.29, 1.82) is 5.26 Å². The predicted molar refractivity (Wildman–Crippen MR) is 99.6 cm³/mol. The second kappa shape index (κ2) is 8.59. The van der Waals surface area contributed by atoms with E-state index in [0.717, 1.165) is 5.70 Å². The molecule has 0 aliphatic carbocycles. The highest BCUT2D eigenvalue weighted by molar-refractivity contribution is 6.31. The monoisotopic (exact) mass is 400 g/mol. The highest BCUT2D eigenvalue weighted by atomic mass is 35.5. The van der Waals surface area contributed by atoms with Gasteiger partial charge in [-0.2, -0.15) is 5.26 Å². The Kier molecular flexibility index (Phi) is 5.96. The van der Waals surface area contributed by atoms with Gasteiger partial charge in [-0.15, -0.1) is 10.2 Å². The summed E-state index contributed by atoms with van der Waals surface area (Å²) in [5, 5.41) is 20.0. The van der Waals surface area contributed by atoms with Gasteiger partial charge in [-0.1, -0.05) is 29.8 Å². The third-order valence-corrected chi connectivity index (χ3v) is 4.48. The Balaban J connectivity index is 2.04. The number of rotatable bonds is 5. The van der Waals surface area contributed by atoms with Crippen LogP contribution in [0.15, 0.2) is 52.2 Å². The fraction of sp³-hybridized carbons (Fsp3) is 0.263. The summed E-state index contributed by atoms with van der Waals surface area (Å²) in [6.45, 7) is 3.57. The van der Waals surface area contributed by atoms with Gasteiger partial charge < -0.3 is 19.2 Å². The molecule has 28 heavy (non-hydrogen) atoms. The fourth-order valence-corrected chi connectivity index (χ4v) is 3.23. The number of ether oxygens (including phenoxy) is 2. The molecule has 0 saturated heterocycles. The number of carbonyl (C=O) groups is 1. The van der Waals surface area contributed by atoms with Gasteiger partial charge in [0.05, 0.1) is 29.7 Å². The van der Waals surface area contributed by atoms with Crippen LogP contribution in [-0.2, 0) is 9.47 Å². The Labute approximate surface area is 166 Å². The minimum atomic E-state index is -0.909. The van der Waals surface area contributed by atoms with Crippen LogP contribution in [0, 0.1) is 11.3 Å². The first-order valence-electron chi connectivity index (χ1n) is 8.44. The zero-order chi connectivity index (χ0) is 20.1. The van der Waals surface area contributed by atoms with Crippen molar-refractivity contribution in [2.75, 3.05) is 6.61 Å². The summed E-state index contributed by atoms with van der Waals surface area (Å²) in [7, 11) is 0. The first-order chi connectivity index (χ1) is 13.5. The number of allylic oxidation sites excluding steroid dienone is 3. The molecule has 0 bridgehead atoms. The Morgan fingerprint density at radius 2 is 2.14 bits per heavy atom. The third kappa shape index (κ3) is 4.00. The smallest absolute Gasteiger partial charge is 0.433 e. The van der Waals surface area contributed by atoms with Crippen LogP contribution < -0.4 is 5.32 Å². The molecule has 1 aromatic carbocycles. The van der Waals surface area contributed by atoms with Gasteiger partial charge in [0.15, 0.2) is 0 Å². The molecule has 0 radical (unpaired) electrons. The molecule has 1 aliphatic heterocycles. The van der Waals surface area contributed by atoms with Gasteiger partial charge in [-0.3, -0.25) is 0 Å². The SMILES string of the molecule is CC1=C(OC(=O)OCCC#N)C(c2ccccc2Cl)C(c2nnco2)=C(C)N1. The van der Waals surface area contributed by atoms with E-state index in [9.17, 15) is 4.79 Å². The van der Waals surface area contributed by atoms with Gasteiger partial charge in [0.2, 0.25) is 12.3 Å². The lowest BCUT2D eigenvalue weighted by Gasteiger charge is -2.30. The standard InChI is InChI=1S/C19H17ClN4O4/c1-11-15(18-24-22-10-27-18)16(13-6-3-4-7-14(13)20)17(12(2)23-11)28-19(25)26-9-5-8-21/h3-4,6-7,10,16,23H,5,9H2,1-2H3. The molecule has 1 unspecified atom stereocenters. The van der Waals surface area contributed by atoms with Crippen LogP contribution in [-0.4, -0.2) is 23.0 Å². The van der Waals surface area contributed by atoms with Crippen molar-refractivity contribution in [1.82, 2.24) is 15.5 Å². The molecular weight excluding hydrogens is 384 g/mol. The third-order valence-electron chi connectivity index (χ3n) is 4.13. The number of benzene rings is 1. The van der Waals surface area contributed by atoms with Crippen LogP contribution in [0.2, 0.25) is 5.02 Å². The first kappa shape index (κ1) is 19.5. The second-order valence-corrected chi connectivity index (χ2v) is 6.37. The number of carbonyl (C=O) groups excluding carboxylic acids is 1. The number of nitrogens with one attached hydrogen (secondary N) is 1. The lowest BCUT2D eigenvalue weighted by Crippen LogP contribution is -2.27. The van der Waals surface area contributed by atoms with Gasteiger partial charge in [0.25, 0.3) is 0 Å². The van der Waals surface area contributed by atoms with Crippen LogP contribution in [0.3, 0.4) is 0 Å². The van der Waals surface area contributed by atoms with Crippen LogP contribution in [0.1, 0.15) is 37.6 Å². The molecule has 3 rings (SSSR count). The molecule has 1 atom stereocenters. The van der Waals surface area contributed by atoms with Crippen molar-refractivity contribution in [3.8, 4) is 6.07 Å². The average Bonchev–Trinajstić information content (AvgIpc) is 3.18. The molecule has 0 fully saturated rings. The topological polar surface area (TPSA) is 110 Å². The Morgan fingerprint density at radius 3 is 2.82 bits per heavy atom. The van der Waals surface area contributed by atoms with E-state index in [2.05, 4.69) is 15.5 Å². The Morgan fingerprint density at radius 1 is 1.36 bits per heavy atom. The van der Waals surface area contributed by atoms with Crippen molar-refractivity contribution < 1.29 is 18.7 Å². The number of halogens is 1. The molecule has 8 nitrogen and oxygen atoms in total. The second-order valence-electron chi connectivity index (χ2n) is 5.96. The quantitative estimate of drug-likeness (QED) is 0.588. The summed E-state index contributed by atoms with van der Waals surface area (Å²) >= 11 is 6.44. The molecule has 0 spiro atoms. The maximum absolute atomic E-state index is 12.2. The van der Waals surface area contributed by atoms with E-state index in [-0.39, 0.29) is 18.9 Å². The molecule has 0 saturated carbocycles. The zero-order valence-corrected chi connectivity index (χ0v) is 16.0. The summed E-state index contributed by atoms with van der Waals surface area (Å²) in [4.78, 5) is 12.2. The number of nitriles is 1. The van der Waals surface area contributed by atoms with Gasteiger partial charge in [-0.25, -0.2) is 4.79 Å². The molecule has 1 aliphatic rings. The maximum Gasteiger partial charge on any atom is 0.513 e. The van der Waals surface area contributed by atoms with Crippen LogP contribution >= 0.6 is 11.6 Å². The first-order valence-corrected chi connectivity index (χ1v) is 8.81. The maximum atomic E-state index is 12.2. The summed E-state index contributed by atoms with van der Waals surface area (Å²) in [6.07, 6.45) is 0.389. The van der Waals surface area contributed by atoms with E-state index in [1.165, 1.54) is 6.39 Å². The van der Waals surface area contributed by atoms with Crippen molar-refractivity contribution in [2.45, 2.75) is 26.2 Å². The molecule has 2 heterocycles. The number of hydrogen-bond donors (Lipinski definition) is 1. The molecule has 1 aromatic heterocycles. The number of nitrogens with zero attached hydrogens (tertiary/aromatic N) is 3.